The van der Waals surface area contributed by atoms with E-state index in [1.165, 1.54) is 24.3 Å². The number of aromatic nitrogens is 2. The van der Waals surface area contributed by atoms with E-state index in [2.05, 4.69) is 15.5 Å². The van der Waals surface area contributed by atoms with Crippen molar-refractivity contribution in [3.05, 3.63) is 40.4 Å². The van der Waals surface area contributed by atoms with E-state index < -0.39 is 56.8 Å². The van der Waals surface area contributed by atoms with Gasteiger partial charge in [-0.2, -0.15) is 18.3 Å². The maximum Gasteiger partial charge on any atom is 0.471 e. The number of rotatable bonds is 5. The van der Waals surface area contributed by atoms with Crippen LogP contribution in [0.3, 0.4) is 0 Å². The Bertz CT molecular complexity index is 1340. The number of amides is 4. The first-order chi connectivity index (χ1) is 17.5. The van der Waals surface area contributed by atoms with Crippen LogP contribution < -0.4 is 15.5 Å². The van der Waals surface area contributed by atoms with Gasteiger partial charge in [0.05, 0.1) is 4.92 Å². The highest BCUT2D eigenvalue weighted by atomic mass is 19.4. The molecule has 1 saturated carbocycles. The minimum absolute atomic E-state index is 0.0149. The second-order valence-corrected chi connectivity index (χ2v) is 10.5. The van der Waals surface area contributed by atoms with Crippen LogP contribution in [0.4, 0.5) is 36.2 Å². The highest BCUT2D eigenvalue weighted by Gasteiger charge is 2.64. The largest absolute Gasteiger partial charge is 0.471 e. The zero-order valence-electron chi connectivity index (χ0n) is 20.4. The summed E-state index contributed by atoms with van der Waals surface area (Å²) in [5.74, 6) is -4.94. The van der Waals surface area contributed by atoms with Crippen LogP contribution in [0, 0.1) is 26.4 Å². The third kappa shape index (κ3) is 4.59. The van der Waals surface area contributed by atoms with E-state index >= 15 is 0 Å². The molecular formula is C23H23F3N6O6. The summed E-state index contributed by atoms with van der Waals surface area (Å²) >= 11 is 0. The molecule has 0 spiro atoms. The summed E-state index contributed by atoms with van der Waals surface area (Å²) in [4.78, 5) is 63.0. The molecule has 3 atom stereocenters. The van der Waals surface area contributed by atoms with Crippen LogP contribution in [-0.4, -0.2) is 44.9 Å². The van der Waals surface area contributed by atoms with Crippen LogP contribution in [0.5, 0.6) is 0 Å². The number of benzene rings is 1. The standard InChI is InChI=1S/C23H23F3N6O6/c1-20(16(33)27-12-5-4-6-13(7-12)32(37)38)9-21(2)11-22(3,10-20)19(36)31(18(21)35)15-8-14(29-30-15)28-17(34)23(24,25)26/h4-8H,9-11H2,1-3H3,(H,27,33)(H2,28,29,30,34)/t20?,21-,22+. The highest BCUT2D eigenvalue weighted by molar-refractivity contribution is 6.20. The molecule has 2 heterocycles. The number of hydrogen-bond donors (Lipinski definition) is 3. The number of carbonyl (C=O) groups is 4. The minimum atomic E-state index is -5.16. The van der Waals surface area contributed by atoms with Gasteiger partial charge in [-0.15, -0.1) is 0 Å². The minimum Gasteiger partial charge on any atom is -0.325 e. The topological polar surface area (TPSA) is 167 Å². The Morgan fingerprint density at radius 3 is 2.21 bits per heavy atom. The Labute approximate surface area is 213 Å². The fraction of sp³-hybridized carbons (Fsp3) is 0.435. The first-order valence-corrected chi connectivity index (χ1v) is 11.4. The molecule has 1 aliphatic carbocycles. The van der Waals surface area contributed by atoms with E-state index in [4.69, 9.17) is 0 Å². The Kier molecular flexibility index (Phi) is 6.08. The summed E-state index contributed by atoms with van der Waals surface area (Å²) < 4.78 is 37.7. The van der Waals surface area contributed by atoms with Gasteiger partial charge in [0.15, 0.2) is 5.82 Å². The summed E-state index contributed by atoms with van der Waals surface area (Å²) in [6.07, 6.45) is -5.01. The predicted molar refractivity (Wildman–Crippen MR) is 126 cm³/mol. The van der Waals surface area contributed by atoms with Crippen LogP contribution in [-0.2, 0) is 19.2 Å². The number of nitro groups is 1. The van der Waals surface area contributed by atoms with Gasteiger partial charge in [0.25, 0.3) is 5.69 Å². The van der Waals surface area contributed by atoms with E-state index in [1.807, 2.05) is 0 Å². The number of anilines is 3. The molecule has 0 radical (unpaired) electrons. The fourth-order valence-electron chi connectivity index (χ4n) is 5.74. The smallest absolute Gasteiger partial charge is 0.325 e. The second-order valence-electron chi connectivity index (χ2n) is 10.5. The molecular weight excluding hydrogens is 513 g/mol. The van der Waals surface area contributed by atoms with Crippen LogP contribution in [0.2, 0.25) is 0 Å². The van der Waals surface area contributed by atoms with Crippen molar-refractivity contribution in [1.29, 1.82) is 0 Å². The van der Waals surface area contributed by atoms with Gasteiger partial charge in [-0.05, 0) is 25.3 Å². The number of hydrogen-bond acceptors (Lipinski definition) is 7. The number of imide groups is 1. The first-order valence-electron chi connectivity index (χ1n) is 11.4. The summed E-state index contributed by atoms with van der Waals surface area (Å²) in [5, 5.41) is 21.2. The normalized spacial score (nSPS) is 27.2. The molecule has 2 bridgehead atoms. The van der Waals surface area contributed by atoms with Crippen molar-refractivity contribution < 1.29 is 37.3 Å². The lowest BCUT2D eigenvalue weighted by Gasteiger charge is -2.55. The molecule has 1 saturated heterocycles. The number of nitrogens with one attached hydrogen (secondary N) is 3. The number of aromatic amines is 1. The van der Waals surface area contributed by atoms with Crippen molar-refractivity contribution in [1.82, 2.24) is 10.2 Å². The summed E-state index contributed by atoms with van der Waals surface area (Å²) in [7, 11) is 0. The van der Waals surface area contributed by atoms with Gasteiger partial charge in [-0.3, -0.25) is 34.4 Å². The molecule has 2 aliphatic rings. The van der Waals surface area contributed by atoms with Gasteiger partial charge in [-0.1, -0.05) is 26.8 Å². The lowest BCUT2D eigenvalue weighted by atomic mass is 9.51. The van der Waals surface area contributed by atoms with Crippen LogP contribution in [0.1, 0.15) is 40.0 Å². The molecule has 2 aromatic rings. The van der Waals surface area contributed by atoms with Crippen molar-refractivity contribution in [3.8, 4) is 0 Å². The zero-order chi connectivity index (χ0) is 28.3. The lowest BCUT2D eigenvalue weighted by molar-refractivity contribution is -0.384. The molecule has 202 valence electrons. The van der Waals surface area contributed by atoms with Crippen LogP contribution in [0.25, 0.3) is 0 Å². The highest BCUT2D eigenvalue weighted by Crippen LogP contribution is 2.59. The number of carbonyl (C=O) groups excluding carboxylic acids is 4. The van der Waals surface area contributed by atoms with Gasteiger partial charge in [0, 0.05) is 40.1 Å². The molecule has 1 aromatic carbocycles. The summed E-state index contributed by atoms with van der Waals surface area (Å²) in [6, 6.07) is 6.30. The number of H-pyrrole nitrogens is 1. The van der Waals surface area contributed by atoms with E-state index in [-0.39, 0.29) is 36.5 Å². The van der Waals surface area contributed by atoms with Crippen LogP contribution in [0.15, 0.2) is 30.3 Å². The lowest BCUT2D eigenvalue weighted by Crippen LogP contribution is -2.65. The van der Waals surface area contributed by atoms with Crippen molar-refractivity contribution >= 4 is 46.6 Å². The molecule has 2 fully saturated rings. The molecule has 1 aromatic heterocycles. The number of alkyl halides is 3. The number of fused-ring (bicyclic) bond motifs is 2. The molecule has 12 nitrogen and oxygen atoms in total. The SMILES string of the molecule is CC1(C(=O)Nc2cccc([N+](=O)[O-])c2)C[C@@]2(C)C[C@@](C)(C1)C(=O)N(c1cc(NC(=O)C(F)(F)F)[nH]n1)C2=O. The third-order valence-corrected chi connectivity index (χ3v) is 6.94. The van der Waals surface area contributed by atoms with Crippen LogP contribution >= 0.6 is 0 Å². The monoisotopic (exact) mass is 536 g/mol. The van der Waals surface area contributed by atoms with Gasteiger partial charge >= 0.3 is 12.1 Å². The zero-order valence-corrected chi connectivity index (χ0v) is 20.4. The first kappa shape index (κ1) is 26.8. The average Bonchev–Trinajstić information content (AvgIpc) is 3.25. The van der Waals surface area contributed by atoms with Crippen molar-refractivity contribution in [2.24, 2.45) is 16.2 Å². The molecule has 15 heteroatoms. The quantitative estimate of drug-likeness (QED) is 0.298. The predicted octanol–water partition coefficient (Wildman–Crippen LogP) is 3.53. The maximum absolute atomic E-state index is 13.6. The second kappa shape index (κ2) is 8.63. The van der Waals surface area contributed by atoms with Crippen molar-refractivity contribution in [2.75, 3.05) is 15.5 Å². The molecule has 4 rings (SSSR count). The van der Waals surface area contributed by atoms with Crippen molar-refractivity contribution in [3.63, 3.8) is 0 Å². The van der Waals surface area contributed by atoms with Gasteiger partial charge < -0.3 is 10.6 Å². The van der Waals surface area contributed by atoms with E-state index in [9.17, 15) is 42.5 Å². The van der Waals surface area contributed by atoms with Crippen molar-refractivity contribution in [2.45, 2.75) is 46.2 Å². The molecule has 1 aliphatic heterocycles. The number of nitrogens with zero attached hydrogens (tertiary/aromatic N) is 3. The number of halogens is 3. The van der Waals surface area contributed by atoms with E-state index in [0.29, 0.717) is 0 Å². The summed E-state index contributed by atoms with van der Waals surface area (Å²) in [6.45, 7) is 4.78. The molecule has 4 amide bonds. The molecule has 1 unspecified atom stereocenters. The average molecular weight is 536 g/mol. The van der Waals surface area contributed by atoms with E-state index in [1.54, 1.807) is 26.1 Å². The van der Waals surface area contributed by atoms with Gasteiger partial charge in [0.2, 0.25) is 17.7 Å². The number of nitro benzene ring substituents is 1. The third-order valence-electron chi connectivity index (χ3n) is 6.94. The Hall–Kier alpha value is -4.30. The van der Waals surface area contributed by atoms with Gasteiger partial charge in [0.1, 0.15) is 5.82 Å². The Balaban J connectivity index is 1.60. The Morgan fingerprint density at radius 2 is 1.66 bits per heavy atom. The number of piperidine rings is 1. The van der Waals surface area contributed by atoms with Gasteiger partial charge in [-0.25, -0.2) is 4.90 Å². The van der Waals surface area contributed by atoms with E-state index in [0.717, 1.165) is 11.0 Å². The molecule has 38 heavy (non-hydrogen) atoms. The summed E-state index contributed by atoms with van der Waals surface area (Å²) in [5.41, 5.74) is -3.73. The fourth-order valence-corrected chi connectivity index (χ4v) is 5.74. The maximum atomic E-state index is 13.6. The molecule has 3 N–H and O–H groups in total. The Morgan fingerprint density at radius 1 is 1.05 bits per heavy atom. The number of non-ortho nitro benzene ring substituents is 1.